The zero-order valence-corrected chi connectivity index (χ0v) is 13.7. The molecule has 0 amide bonds. The van der Waals surface area contributed by atoms with Gasteiger partial charge in [-0.05, 0) is 26.3 Å². The molecular weight excluding hydrogens is 268 g/mol. The summed E-state index contributed by atoms with van der Waals surface area (Å²) in [6.45, 7) is 9.77. The molecule has 0 spiro atoms. The van der Waals surface area contributed by atoms with Crippen LogP contribution in [0, 0.1) is 6.92 Å². The van der Waals surface area contributed by atoms with Crippen molar-refractivity contribution in [1.29, 1.82) is 0 Å². The summed E-state index contributed by atoms with van der Waals surface area (Å²) in [6.07, 6.45) is 0. The third-order valence-corrected chi connectivity index (χ3v) is 3.24. The minimum Gasteiger partial charge on any atom is -0.382 e. The minimum absolute atomic E-state index is 0.300. The summed E-state index contributed by atoms with van der Waals surface area (Å²) in [5.41, 5.74) is 2.13. The molecule has 0 aliphatic rings. The Morgan fingerprint density at radius 3 is 1.90 bits per heavy atom. The van der Waals surface area contributed by atoms with Gasteiger partial charge in [0.05, 0.1) is 45.2 Å². The molecular formula is C17H28O4. The van der Waals surface area contributed by atoms with Crippen molar-refractivity contribution in [1.82, 2.24) is 0 Å². The lowest BCUT2D eigenvalue weighted by molar-refractivity contribution is -0.0567. The van der Waals surface area contributed by atoms with Gasteiger partial charge in [-0.25, -0.2) is 0 Å². The van der Waals surface area contributed by atoms with E-state index in [2.05, 4.69) is 45.0 Å². The Bertz CT molecular complexity index is 373. The Labute approximate surface area is 128 Å². The van der Waals surface area contributed by atoms with E-state index >= 15 is 0 Å². The van der Waals surface area contributed by atoms with Gasteiger partial charge in [0.1, 0.15) is 0 Å². The minimum atomic E-state index is -0.300. The van der Waals surface area contributed by atoms with E-state index in [4.69, 9.17) is 18.9 Å². The second kappa shape index (κ2) is 9.90. The summed E-state index contributed by atoms with van der Waals surface area (Å²) in [4.78, 5) is 0. The molecule has 0 N–H and O–H groups in total. The van der Waals surface area contributed by atoms with E-state index in [1.165, 1.54) is 11.1 Å². The van der Waals surface area contributed by atoms with Gasteiger partial charge in [0.2, 0.25) is 0 Å². The highest BCUT2D eigenvalue weighted by Gasteiger charge is 2.20. The molecule has 0 unspecified atom stereocenters. The van der Waals surface area contributed by atoms with Gasteiger partial charge in [0.15, 0.2) is 0 Å². The standard InChI is InChI=1S/C17H28O4/c1-15-5-7-16(8-6-15)17(2,3)21-14-13-20-12-11-19-10-9-18-4/h5-8H,9-14H2,1-4H3. The summed E-state index contributed by atoms with van der Waals surface area (Å²) < 4.78 is 21.6. The van der Waals surface area contributed by atoms with Crippen molar-refractivity contribution in [2.24, 2.45) is 0 Å². The van der Waals surface area contributed by atoms with Crippen molar-refractivity contribution in [3.8, 4) is 0 Å². The number of benzene rings is 1. The second-order valence-corrected chi connectivity index (χ2v) is 5.44. The van der Waals surface area contributed by atoms with E-state index in [1.54, 1.807) is 7.11 Å². The van der Waals surface area contributed by atoms with Crippen molar-refractivity contribution in [3.05, 3.63) is 35.4 Å². The van der Waals surface area contributed by atoms with Gasteiger partial charge in [-0.2, -0.15) is 0 Å². The number of aryl methyl sites for hydroxylation is 1. The maximum absolute atomic E-state index is 5.91. The van der Waals surface area contributed by atoms with Crippen molar-refractivity contribution in [2.45, 2.75) is 26.4 Å². The SMILES string of the molecule is COCCOCCOCCOC(C)(C)c1ccc(C)cc1. The Hall–Kier alpha value is -0.940. The van der Waals surface area contributed by atoms with Gasteiger partial charge in [-0.1, -0.05) is 29.8 Å². The molecule has 21 heavy (non-hydrogen) atoms. The predicted octanol–water partition coefficient (Wildman–Crippen LogP) is 2.93. The maximum Gasteiger partial charge on any atom is 0.0876 e. The summed E-state index contributed by atoms with van der Waals surface area (Å²) in [5, 5.41) is 0. The van der Waals surface area contributed by atoms with E-state index in [0.29, 0.717) is 39.6 Å². The fourth-order valence-electron chi connectivity index (χ4n) is 1.86. The van der Waals surface area contributed by atoms with Crippen molar-refractivity contribution >= 4 is 0 Å². The zero-order chi connectivity index (χ0) is 15.6. The maximum atomic E-state index is 5.91. The molecule has 1 aromatic carbocycles. The smallest absolute Gasteiger partial charge is 0.0876 e. The first-order valence-electron chi connectivity index (χ1n) is 7.42. The van der Waals surface area contributed by atoms with Crippen LogP contribution in [-0.4, -0.2) is 46.8 Å². The molecule has 4 nitrogen and oxygen atoms in total. The lowest BCUT2D eigenvalue weighted by atomic mass is 9.97. The third-order valence-electron chi connectivity index (χ3n) is 3.24. The van der Waals surface area contributed by atoms with E-state index < -0.39 is 0 Å². The average molecular weight is 296 g/mol. The van der Waals surface area contributed by atoms with Crippen LogP contribution in [0.1, 0.15) is 25.0 Å². The van der Waals surface area contributed by atoms with Crippen LogP contribution < -0.4 is 0 Å². The number of hydrogen-bond donors (Lipinski definition) is 0. The lowest BCUT2D eigenvalue weighted by Gasteiger charge is -2.26. The summed E-state index contributed by atoms with van der Waals surface area (Å²) >= 11 is 0. The van der Waals surface area contributed by atoms with Crippen LogP contribution in [0.15, 0.2) is 24.3 Å². The fraction of sp³-hybridized carbons (Fsp3) is 0.647. The Morgan fingerprint density at radius 1 is 0.810 bits per heavy atom. The predicted molar refractivity (Wildman–Crippen MR) is 83.7 cm³/mol. The van der Waals surface area contributed by atoms with Gasteiger partial charge in [-0.3, -0.25) is 0 Å². The molecule has 0 fully saturated rings. The van der Waals surface area contributed by atoms with E-state index in [9.17, 15) is 0 Å². The lowest BCUT2D eigenvalue weighted by Crippen LogP contribution is -2.24. The number of hydrogen-bond acceptors (Lipinski definition) is 4. The monoisotopic (exact) mass is 296 g/mol. The van der Waals surface area contributed by atoms with Crippen molar-refractivity contribution in [3.63, 3.8) is 0 Å². The highest BCUT2D eigenvalue weighted by molar-refractivity contribution is 5.25. The molecule has 0 bridgehead atoms. The van der Waals surface area contributed by atoms with E-state index in [-0.39, 0.29) is 5.60 Å². The second-order valence-electron chi connectivity index (χ2n) is 5.44. The third kappa shape index (κ3) is 7.58. The Balaban J connectivity index is 2.12. The summed E-state index contributed by atoms with van der Waals surface area (Å²) in [7, 11) is 1.66. The molecule has 0 saturated heterocycles. The van der Waals surface area contributed by atoms with Crippen LogP contribution in [0.4, 0.5) is 0 Å². The van der Waals surface area contributed by atoms with Gasteiger partial charge in [0, 0.05) is 7.11 Å². The average Bonchev–Trinajstić information content (AvgIpc) is 2.46. The van der Waals surface area contributed by atoms with E-state index in [1.807, 2.05) is 0 Å². The Kier molecular flexibility index (Phi) is 8.54. The van der Waals surface area contributed by atoms with Crippen LogP contribution in [0.2, 0.25) is 0 Å². The highest BCUT2D eigenvalue weighted by Crippen LogP contribution is 2.24. The molecule has 0 heterocycles. The molecule has 0 atom stereocenters. The first-order valence-corrected chi connectivity index (χ1v) is 7.42. The molecule has 4 heteroatoms. The number of ether oxygens (including phenoxy) is 4. The molecule has 0 aromatic heterocycles. The zero-order valence-electron chi connectivity index (χ0n) is 13.7. The van der Waals surface area contributed by atoms with Gasteiger partial charge < -0.3 is 18.9 Å². The Morgan fingerprint density at radius 2 is 1.33 bits per heavy atom. The van der Waals surface area contributed by atoms with Crippen LogP contribution in [0.5, 0.6) is 0 Å². The van der Waals surface area contributed by atoms with Crippen LogP contribution in [0.25, 0.3) is 0 Å². The largest absolute Gasteiger partial charge is 0.382 e. The summed E-state index contributed by atoms with van der Waals surface area (Å²) in [5.74, 6) is 0. The molecule has 0 saturated carbocycles. The molecule has 0 radical (unpaired) electrons. The quantitative estimate of drug-likeness (QED) is 0.588. The van der Waals surface area contributed by atoms with Crippen LogP contribution >= 0.6 is 0 Å². The highest BCUT2D eigenvalue weighted by atomic mass is 16.6. The molecule has 1 aromatic rings. The topological polar surface area (TPSA) is 36.9 Å². The normalized spacial score (nSPS) is 11.8. The van der Waals surface area contributed by atoms with Crippen LogP contribution in [0.3, 0.4) is 0 Å². The van der Waals surface area contributed by atoms with Crippen molar-refractivity contribution in [2.75, 3.05) is 46.8 Å². The molecule has 120 valence electrons. The van der Waals surface area contributed by atoms with Crippen molar-refractivity contribution < 1.29 is 18.9 Å². The van der Waals surface area contributed by atoms with Crippen LogP contribution in [-0.2, 0) is 24.5 Å². The first kappa shape index (κ1) is 18.1. The molecule has 0 aliphatic carbocycles. The number of methoxy groups -OCH3 is 1. The van der Waals surface area contributed by atoms with E-state index in [0.717, 1.165) is 0 Å². The number of rotatable bonds is 11. The first-order chi connectivity index (χ1) is 10.1. The van der Waals surface area contributed by atoms with Gasteiger partial charge in [-0.15, -0.1) is 0 Å². The summed E-state index contributed by atoms with van der Waals surface area (Å²) in [6, 6.07) is 8.43. The molecule has 0 aliphatic heterocycles. The van der Waals surface area contributed by atoms with Gasteiger partial charge in [0.25, 0.3) is 0 Å². The van der Waals surface area contributed by atoms with Gasteiger partial charge >= 0.3 is 0 Å². The molecule has 1 rings (SSSR count). The fourth-order valence-corrected chi connectivity index (χ4v) is 1.86.